The summed E-state index contributed by atoms with van der Waals surface area (Å²) in [6, 6.07) is 0. The van der Waals surface area contributed by atoms with Crippen molar-refractivity contribution >= 4 is 19.8 Å². The number of allylic oxidation sites excluding steroid dienone is 12. The monoisotopic (exact) mass is 720 g/mol. The summed E-state index contributed by atoms with van der Waals surface area (Å²) in [4.78, 5) is 42.7. The van der Waals surface area contributed by atoms with E-state index in [1.165, 1.54) is 77.0 Å². The maximum atomic E-state index is 12.3. The minimum atomic E-state index is -4.77. The van der Waals surface area contributed by atoms with Gasteiger partial charge in [0.25, 0.3) is 0 Å². The topological polar surface area (TPSA) is 119 Å². The van der Waals surface area contributed by atoms with Crippen LogP contribution in [0.5, 0.6) is 0 Å². The fourth-order valence-electron chi connectivity index (χ4n) is 4.99. The molecule has 0 fully saturated rings. The number of carbonyl (C=O) groups is 2. The van der Waals surface area contributed by atoms with E-state index in [9.17, 15) is 14.2 Å². The zero-order valence-electron chi connectivity index (χ0n) is 31.3. The molecule has 0 saturated carbocycles. The number of carbonyl (C=O) groups excluding carboxylic acids is 2. The van der Waals surface area contributed by atoms with Crippen LogP contribution in [0.25, 0.3) is 0 Å². The SMILES string of the molecule is CC/C=C/C=C/C=C/C=C/C=C/CCCC(=O)OC(COC(=O)CCCCCCCCC/C=C/CCCCCCCCCC)COP(=O)(O)O. The van der Waals surface area contributed by atoms with Gasteiger partial charge in [-0.1, -0.05) is 164 Å². The van der Waals surface area contributed by atoms with Gasteiger partial charge in [0.15, 0.2) is 6.10 Å². The number of rotatable bonds is 34. The summed E-state index contributed by atoms with van der Waals surface area (Å²) < 4.78 is 26.2. The Labute approximate surface area is 304 Å². The van der Waals surface area contributed by atoms with Gasteiger partial charge in [-0.3, -0.25) is 14.1 Å². The van der Waals surface area contributed by atoms with E-state index in [-0.39, 0.29) is 19.4 Å². The van der Waals surface area contributed by atoms with Crippen molar-refractivity contribution in [3.05, 3.63) is 72.9 Å². The molecule has 0 rings (SSSR count). The molecule has 0 aliphatic carbocycles. The Balaban J connectivity index is 4.03. The molecule has 0 aliphatic heterocycles. The maximum Gasteiger partial charge on any atom is 0.469 e. The molecule has 0 heterocycles. The van der Waals surface area contributed by atoms with E-state index >= 15 is 0 Å². The summed E-state index contributed by atoms with van der Waals surface area (Å²) in [6.45, 7) is 3.46. The minimum Gasteiger partial charge on any atom is -0.462 e. The highest BCUT2D eigenvalue weighted by atomic mass is 31.2. The van der Waals surface area contributed by atoms with Crippen LogP contribution in [0.15, 0.2) is 72.9 Å². The molecule has 8 nitrogen and oxygen atoms in total. The van der Waals surface area contributed by atoms with Crippen LogP contribution in [0.4, 0.5) is 0 Å². The molecule has 0 aromatic rings. The molecule has 0 spiro atoms. The van der Waals surface area contributed by atoms with Gasteiger partial charge in [-0.15, -0.1) is 0 Å². The van der Waals surface area contributed by atoms with Crippen LogP contribution < -0.4 is 0 Å². The molecule has 0 radical (unpaired) electrons. The molecule has 2 N–H and O–H groups in total. The van der Waals surface area contributed by atoms with Crippen LogP contribution in [0.2, 0.25) is 0 Å². The Hall–Kier alpha value is -2.51. The summed E-state index contributed by atoms with van der Waals surface area (Å²) in [7, 11) is -4.77. The molecule has 1 unspecified atom stereocenters. The summed E-state index contributed by atoms with van der Waals surface area (Å²) in [5.41, 5.74) is 0. The highest BCUT2D eigenvalue weighted by Gasteiger charge is 2.22. The molecule has 0 aliphatic rings. The minimum absolute atomic E-state index is 0.112. The lowest BCUT2D eigenvalue weighted by Gasteiger charge is -2.18. The third-order valence-electron chi connectivity index (χ3n) is 7.84. The van der Waals surface area contributed by atoms with Crippen LogP contribution in [0.3, 0.4) is 0 Å². The van der Waals surface area contributed by atoms with E-state index in [1.807, 2.05) is 54.7 Å². The first-order valence-corrected chi connectivity index (χ1v) is 20.8. The molecule has 9 heteroatoms. The van der Waals surface area contributed by atoms with Crippen molar-refractivity contribution in [2.75, 3.05) is 13.2 Å². The van der Waals surface area contributed by atoms with Gasteiger partial charge < -0.3 is 19.3 Å². The summed E-state index contributed by atoms with van der Waals surface area (Å²) in [5, 5.41) is 0. The van der Waals surface area contributed by atoms with Crippen LogP contribution >= 0.6 is 7.82 Å². The van der Waals surface area contributed by atoms with Gasteiger partial charge in [0.2, 0.25) is 0 Å². The van der Waals surface area contributed by atoms with Crippen molar-refractivity contribution in [3.8, 4) is 0 Å². The van der Waals surface area contributed by atoms with Gasteiger partial charge in [-0.2, -0.15) is 0 Å². The predicted molar refractivity (Wildman–Crippen MR) is 207 cm³/mol. The number of phosphoric acid groups is 1. The van der Waals surface area contributed by atoms with Crippen molar-refractivity contribution < 1.29 is 37.9 Å². The lowest BCUT2D eigenvalue weighted by molar-refractivity contribution is -0.161. The highest BCUT2D eigenvalue weighted by Crippen LogP contribution is 2.36. The van der Waals surface area contributed by atoms with Crippen LogP contribution in [-0.4, -0.2) is 41.0 Å². The highest BCUT2D eigenvalue weighted by molar-refractivity contribution is 7.46. The standard InChI is InChI=1S/C41H69O8P/c1-3-5-7-9-11-13-15-17-18-19-20-21-22-24-25-27-29-31-33-35-40(42)47-37-39(38-48-50(44,45)46)49-41(43)36-34-32-30-28-26-23-16-14-12-10-8-6-4-2/h6,8,10,12,14,16,19-20,23,26,28,30,39H,3-5,7,9,11,13,15,17-18,21-22,24-25,27,29,31-38H2,1-2H3,(H2,44,45,46)/b8-6+,12-10+,16-14+,20-19+,26-23+,30-28+. The second-order valence-electron chi connectivity index (χ2n) is 12.6. The van der Waals surface area contributed by atoms with E-state index in [2.05, 4.69) is 36.6 Å². The van der Waals surface area contributed by atoms with Gasteiger partial charge in [-0.25, -0.2) is 4.57 Å². The smallest absolute Gasteiger partial charge is 0.462 e. The molecule has 0 saturated heterocycles. The molecule has 50 heavy (non-hydrogen) atoms. The van der Waals surface area contributed by atoms with Crippen LogP contribution in [0, 0.1) is 0 Å². The quantitative estimate of drug-likeness (QED) is 0.0222. The van der Waals surface area contributed by atoms with Crippen molar-refractivity contribution in [3.63, 3.8) is 0 Å². The van der Waals surface area contributed by atoms with E-state index in [4.69, 9.17) is 19.3 Å². The molecular weight excluding hydrogens is 651 g/mol. The lowest BCUT2D eigenvalue weighted by atomic mass is 10.1. The predicted octanol–water partition coefficient (Wildman–Crippen LogP) is 11.5. The first kappa shape index (κ1) is 47.5. The Morgan fingerprint density at radius 1 is 0.540 bits per heavy atom. The number of hydrogen-bond acceptors (Lipinski definition) is 6. The normalized spacial score (nSPS) is 13.3. The van der Waals surface area contributed by atoms with Gasteiger partial charge in [0.1, 0.15) is 6.61 Å². The summed E-state index contributed by atoms with van der Waals surface area (Å²) >= 11 is 0. The number of unbranched alkanes of at least 4 members (excludes halogenated alkanes) is 16. The third-order valence-corrected chi connectivity index (χ3v) is 8.32. The fourth-order valence-corrected chi connectivity index (χ4v) is 5.35. The van der Waals surface area contributed by atoms with E-state index < -0.39 is 32.5 Å². The van der Waals surface area contributed by atoms with Gasteiger partial charge in [0, 0.05) is 12.8 Å². The molecular formula is C41H69O8P. The lowest BCUT2D eigenvalue weighted by Crippen LogP contribution is -2.29. The van der Waals surface area contributed by atoms with Crippen LogP contribution in [-0.2, 0) is 28.2 Å². The molecule has 286 valence electrons. The zero-order chi connectivity index (χ0) is 36.8. The largest absolute Gasteiger partial charge is 0.469 e. The van der Waals surface area contributed by atoms with Gasteiger partial charge in [-0.05, 0) is 51.4 Å². The molecule has 0 bridgehead atoms. The number of esters is 2. The maximum absolute atomic E-state index is 12.3. The van der Waals surface area contributed by atoms with Crippen molar-refractivity contribution in [1.82, 2.24) is 0 Å². The van der Waals surface area contributed by atoms with Gasteiger partial charge in [0.05, 0.1) is 6.61 Å². The van der Waals surface area contributed by atoms with E-state index in [0.717, 1.165) is 32.1 Å². The first-order chi connectivity index (χ1) is 24.3. The molecule has 0 amide bonds. The first-order valence-electron chi connectivity index (χ1n) is 19.3. The second kappa shape index (κ2) is 36.3. The fraction of sp³-hybridized carbons (Fsp3) is 0.659. The summed E-state index contributed by atoms with van der Waals surface area (Å²) in [6.07, 6.45) is 46.4. The van der Waals surface area contributed by atoms with E-state index in [1.54, 1.807) is 0 Å². The van der Waals surface area contributed by atoms with Crippen molar-refractivity contribution in [2.45, 2.75) is 161 Å². The number of hydrogen-bond donors (Lipinski definition) is 2. The molecule has 0 aromatic heterocycles. The Morgan fingerprint density at radius 3 is 1.54 bits per heavy atom. The zero-order valence-corrected chi connectivity index (χ0v) is 32.2. The average Bonchev–Trinajstić information content (AvgIpc) is 3.08. The number of ether oxygens (including phenoxy) is 2. The molecule has 1 atom stereocenters. The van der Waals surface area contributed by atoms with Crippen molar-refractivity contribution in [2.24, 2.45) is 0 Å². The number of phosphoric ester groups is 1. The summed E-state index contributed by atoms with van der Waals surface area (Å²) in [5.74, 6) is -0.982. The average molecular weight is 721 g/mol. The Morgan fingerprint density at radius 2 is 1.00 bits per heavy atom. The van der Waals surface area contributed by atoms with E-state index in [0.29, 0.717) is 19.3 Å². The Kier molecular flexibility index (Phi) is 34.5. The van der Waals surface area contributed by atoms with Gasteiger partial charge >= 0.3 is 19.8 Å². The van der Waals surface area contributed by atoms with Crippen LogP contribution in [0.1, 0.15) is 155 Å². The Bertz CT molecular complexity index is 1040. The third kappa shape index (κ3) is 38.3. The molecule has 0 aromatic carbocycles. The second-order valence-corrected chi connectivity index (χ2v) is 13.9. The van der Waals surface area contributed by atoms with Crippen molar-refractivity contribution in [1.29, 1.82) is 0 Å².